The second-order valence-corrected chi connectivity index (χ2v) is 9.00. The van der Waals surface area contributed by atoms with Gasteiger partial charge in [0.15, 0.2) is 10.8 Å². The van der Waals surface area contributed by atoms with Crippen molar-refractivity contribution in [2.75, 3.05) is 12.3 Å². The van der Waals surface area contributed by atoms with Gasteiger partial charge in [-0.15, -0.1) is 0 Å². The number of aliphatic hydroxyl groups excluding tert-OH is 1. The third kappa shape index (κ3) is 6.27. The van der Waals surface area contributed by atoms with Crippen LogP contribution in [0.4, 0.5) is 5.13 Å². The van der Waals surface area contributed by atoms with Crippen LogP contribution in [0.2, 0.25) is 0 Å². The number of nitrogen functional groups attached to an aromatic ring is 1. The average molecular weight is 469 g/mol. The molecule has 0 saturated carbocycles. The fraction of sp³-hybridized carbons (Fsp3) is 0.304. The lowest BCUT2D eigenvalue weighted by Gasteiger charge is -2.06. The van der Waals surface area contributed by atoms with E-state index in [0.717, 1.165) is 34.5 Å². The largest absolute Gasteiger partial charge is 0.396 e. The highest BCUT2D eigenvalue weighted by molar-refractivity contribution is 7.22. The number of rotatable bonds is 7. The van der Waals surface area contributed by atoms with Crippen LogP contribution in [0.5, 0.6) is 0 Å². The van der Waals surface area contributed by atoms with E-state index in [1.165, 1.54) is 17.5 Å². The van der Waals surface area contributed by atoms with E-state index in [2.05, 4.69) is 29.1 Å². The number of benzene rings is 1. The lowest BCUT2D eigenvalue weighted by atomic mass is 10.1. The maximum Gasteiger partial charge on any atom is 0.268 e. The number of carbonyl (C=O) groups excluding carboxylic acids is 2. The molecule has 4 rings (SSSR count). The fourth-order valence-corrected chi connectivity index (χ4v) is 3.98. The molecule has 33 heavy (non-hydrogen) atoms. The van der Waals surface area contributed by atoms with Crippen molar-refractivity contribution in [3.63, 3.8) is 0 Å². The lowest BCUT2D eigenvalue weighted by molar-refractivity contribution is 0.0950. The Bertz CT molecular complexity index is 1260. The Balaban J connectivity index is 0.000000383. The Kier molecular flexibility index (Phi) is 7.96. The van der Waals surface area contributed by atoms with E-state index >= 15 is 0 Å². The van der Waals surface area contributed by atoms with Gasteiger partial charge in [-0.3, -0.25) is 9.59 Å². The molecule has 2 amide bonds. The van der Waals surface area contributed by atoms with Crippen molar-refractivity contribution < 1.29 is 14.7 Å². The molecule has 3 heterocycles. The number of anilines is 1. The van der Waals surface area contributed by atoms with Crippen molar-refractivity contribution >= 4 is 44.1 Å². The van der Waals surface area contributed by atoms with Crippen LogP contribution in [0, 0.1) is 5.92 Å². The minimum absolute atomic E-state index is 0.110. The first-order valence-corrected chi connectivity index (χ1v) is 11.4. The summed E-state index contributed by atoms with van der Waals surface area (Å²) in [6.07, 6.45) is 5.30. The predicted molar refractivity (Wildman–Crippen MR) is 130 cm³/mol. The van der Waals surface area contributed by atoms with Crippen LogP contribution in [0.15, 0.2) is 42.7 Å². The van der Waals surface area contributed by atoms with Crippen LogP contribution in [-0.4, -0.2) is 37.9 Å². The SMILES string of the molecule is CC(C)CCCO.NC(=O)c1cn2cccc(C(=O)NCc3ccc4nc(N)sc4c3)c2n1. The van der Waals surface area contributed by atoms with Gasteiger partial charge in [0.05, 0.1) is 15.8 Å². The minimum atomic E-state index is -0.641. The number of amides is 2. The summed E-state index contributed by atoms with van der Waals surface area (Å²) in [4.78, 5) is 32.2. The predicted octanol–water partition coefficient (Wildman–Crippen LogP) is 2.97. The van der Waals surface area contributed by atoms with Gasteiger partial charge >= 0.3 is 0 Å². The van der Waals surface area contributed by atoms with Gasteiger partial charge in [0, 0.05) is 25.5 Å². The van der Waals surface area contributed by atoms with Gasteiger partial charge in [-0.2, -0.15) is 0 Å². The number of carbonyl (C=O) groups is 2. The van der Waals surface area contributed by atoms with Gasteiger partial charge in [-0.1, -0.05) is 31.3 Å². The number of thiazole rings is 1. The number of aromatic nitrogens is 3. The molecular formula is C23H28N6O3S. The highest BCUT2D eigenvalue weighted by atomic mass is 32.1. The molecule has 0 bridgehead atoms. The number of primary amides is 1. The van der Waals surface area contributed by atoms with Gasteiger partial charge in [0.1, 0.15) is 5.69 Å². The quantitative estimate of drug-likeness (QED) is 0.328. The summed E-state index contributed by atoms with van der Waals surface area (Å²) in [5, 5.41) is 11.7. The molecule has 0 aliphatic rings. The fourth-order valence-electron chi connectivity index (χ4n) is 3.18. The lowest BCUT2D eigenvalue weighted by Crippen LogP contribution is -2.23. The van der Waals surface area contributed by atoms with Crippen LogP contribution in [-0.2, 0) is 6.54 Å². The van der Waals surface area contributed by atoms with E-state index in [9.17, 15) is 9.59 Å². The third-order valence-corrected chi connectivity index (χ3v) is 5.69. The molecule has 0 radical (unpaired) electrons. The van der Waals surface area contributed by atoms with E-state index in [1.807, 2.05) is 18.2 Å². The molecule has 0 fully saturated rings. The van der Waals surface area contributed by atoms with E-state index in [4.69, 9.17) is 16.6 Å². The number of nitrogens with two attached hydrogens (primary N) is 2. The molecule has 10 heteroatoms. The number of nitrogens with one attached hydrogen (secondary N) is 1. The Morgan fingerprint density at radius 2 is 2.03 bits per heavy atom. The highest BCUT2D eigenvalue weighted by Crippen LogP contribution is 2.24. The molecule has 0 saturated heterocycles. The van der Waals surface area contributed by atoms with Crippen LogP contribution in [0.25, 0.3) is 15.9 Å². The molecule has 9 nitrogen and oxygen atoms in total. The van der Waals surface area contributed by atoms with Crippen molar-refractivity contribution in [3.05, 3.63) is 59.5 Å². The second kappa shape index (κ2) is 10.9. The number of imidazole rings is 1. The summed E-state index contributed by atoms with van der Waals surface area (Å²) in [6.45, 7) is 5.01. The topological polar surface area (TPSA) is 149 Å². The maximum absolute atomic E-state index is 12.6. The number of fused-ring (bicyclic) bond motifs is 2. The first-order chi connectivity index (χ1) is 15.8. The first-order valence-electron chi connectivity index (χ1n) is 10.6. The van der Waals surface area contributed by atoms with Gasteiger partial charge in [0.25, 0.3) is 11.8 Å². The van der Waals surface area contributed by atoms with Crippen molar-refractivity contribution in [2.45, 2.75) is 33.2 Å². The van der Waals surface area contributed by atoms with Gasteiger partial charge < -0.3 is 26.3 Å². The summed E-state index contributed by atoms with van der Waals surface area (Å²) in [5.41, 5.74) is 13.6. The van der Waals surface area contributed by atoms with E-state index in [0.29, 0.717) is 29.5 Å². The molecule has 0 atom stereocenters. The van der Waals surface area contributed by atoms with Crippen molar-refractivity contribution in [1.82, 2.24) is 19.7 Å². The van der Waals surface area contributed by atoms with E-state index in [1.54, 1.807) is 22.7 Å². The van der Waals surface area contributed by atoms with Crippen molar-refractivity contribution in [3.8, 4) is 0 Å². The minimum Gasteiger partial charge on any atom is -0.396 e. The Labute approximate surface area is 195 Å². The summed E-state index contributed by atoms with van der Waals surface area (Å²) in [6, 6.07) is 9.07. The van der Waals surface area contributed by atoms with Crippen molar-refractivity contribution in [1.29, 1.82) is 0 Å². The van der Waals surface area contributed by atoms with Gasteiger partial charge in [-0.05, 0) is 48.6 Å². The molecule has 0 spiro atoms. The zero-order valence-corrected chi connectivity index (χ0v) is 19.4. The third-order valence-electron chi connectivity index (χ3n) is 4.84. The normalized spacial score (nSPS) is 10.9. The van der Waals surface area contributed by atoms with Crippen LogP contribution < -0.4 is 16.8 Å². The smallest absolute Gasteiger partial charge is 0.268 e. The zero-order chi connectivity index (χ0) is 24.0. The van der Waals surface area contributed by atoms with E-state index < -0.39 is 5.91 Å². The molecule has 0 aliphatic carbocycles. The summed E-state index contributed by atoms with van der Waals surface area (Å²) in [7, 11) is 0. The van der Waals surface area contributed by atoms with Gasteiger partial charge in [-0.25, -0.2) is 9.97 Å². The summed E-state index contributed by atoms with van der Waals surface area (Å²) >= 11 is 1.40. The second-order valence-electron chi connectivity index (χ2n) is 7.94. The van der Waals surface area contributed by atoms with Crippen LogP contribution >= 0.6 is 11.3 Å². The molecule has 174 valence electrons. The molecule has 4 aromatic rings. The zero-order valence-electron chi connectivity index (χ0n) is 18.6. The van der Waals surface area contributed by atoms with Gasteiger partial charge in [0.2, 0.25) is 0 Å². The number of aliphatic hydroxyl groups is 1. The highest BCUT2D eigenvalue weighted by Gasteiger charge is 2.15. The Hall–Kier alpha value is -3.50. The molecule has 3 aromatic heterocycles. The number of nitrogens with zero attached hydrogens (tertiary/aromatic N) is 3. The average Bonchev–Trinajstić information content (AvgIpc) is 3.38. The van der Waals surface area contributed by atoms with Crippen molar-refractivity contribution in [2.24, 2.45) is 11.7 Å². The molecule has 1 aromatic carbocycles. The van der Waals surface area contributed by atoms with E-state index in [-0.39, 0.29) is 11.6 Å². The Morgan fingerprint density at radius 3 is 2.70 bits per heavy atom. The molecule has 0 aliphatic heterocycles. The molecule has 6 N–H and O–H groups in total. The number of hydrogen-bond acceptors (Lipinski definition) is 7. The van der Waals surface area contributed by atoms with Crippen LogP contribution in [0.3, 0.4) is 0 Å². The monoisotopic (exact) mass is 468 g/mol. The number of pyridine rings is 1. The summed E-state index contributed by atoms with van der Waals surface area (Å²) < 4.78 is 2.57. The summed E-state index contributed by atoms with van der Waals surface area (Å²) in [5.74, 6) is -0.189. The van der Waals surface area contributed by atoms with Crippen LogP contribution in [0.1, 0.15) is 53.1 Å². The number of hydrogen-bond donors (Lipinski definition) is 4. The first kappa shape index (κ1) is 24.1. The molecule has 0 unspecified atom stereocenters. The standard InChI is InChI=1S/C17H14N6O2S.C6H14O/c18-14(24)12-8-23-5-1-2-10(15(23)21-12)16(25)20-7-9-3-4-11-13(6-9)26-17(19)22-11;1-6(2)4-3-5-7/h1-6,8H,7H2,(H2,18,24)(H2,19,22)(H,20,25);6-7H,3-5H2,1-2H3. The maximum atomic E-state index is 12.6. The Morgan fingerprint density at radius 1 is 1.24 bits per heavy atom. The molecular weight excluding hydrogens is 440 g/mol.